The molecule has 10 heteroatoms. The maximum atomic E-state index is 13.6. The lowest BCUT2D eigenvalue weighted by Gasteiger charge is -2.35. The number of morpholine rings is 1. The Bertz CT molecular complexity index is 884. The molecule has 0 aromatic heterocycles. The summed E-state index contributed by atoms with van der Waals surface area (Å²) in [5.74, 6) is -2.50. The first kappa shape index (κ1) is 23.0. The Labute approximate surface area is 175 Å². The van der Waals surface area contributed by atoms with Gasteiger partial charge in [-0.15, -0.1) is 0 Å². The Morgan fingerprint density at radius 3 is 2.39 bits per heavy atom. The molecule has 0 bridgehead atoms. The Balaban J connectivity index is 1.63. The van der Waals surface area contributed by atoms with Crippen LogP contribution in [0.2, 0.25) is 0 Å². The average molecular weight is 444 g/mol. The van der Waals surface area contributed by atoms with Crippen LogP contribution in [0.3, 0.4) is 0 Å². The molecule has 2 aromatic carbocycles. The molecular formula is C21H21F5N2O3. The molecule has 0 radical (unpaired) electrons. The van der Waals surface area contributed by atoms with E-state index < -0.39 is 35.9 Å². The molecular weight excluding hydrogens is 423 g/mol. The highest BCUT2D eigenvalue weighted by atomic mass is 19.4. The van der Waals surface area contributed by atoms with E-state index in [4.69, 9.17) is 9.47 Å². The van der Waals surface area contributed by atoms with E-state index in [9.17, 15) is 26.7 Å². The molecule has 31 heavy (non-hydrogen) atoms. The van der Waals surface area contributed by atoms with Crippen molar-refractivity contribution in [1.29, 1.82) is 0 Å². The number of nitrogens with zero attached hydrogens (tertiary/aromatic N) is 1. The van der Waals surface area contributed by atoms with Gasteiger partial charge in [0.05, 0.1) is 24.8 Å². The van der Waals surface area contributed by atoms with E-state index in [2.05, 4.69) is 5.32 Å². The van der Waals surface area contributed by atoms with Crippen LogP contribution in [-0.4, -0.2) is 50.3 Å². The van der Waals surface area contributed by atoms with Crippen LogP contribution in [0.1, 0.15) is 17.2 Å². The lowest BCUT2D eigenvalue weighted by molar-refractivity contribution is -0.137. The highest BCUT2D eigenvalue weighted by molar-refractivity contribution is 5.77. The first-order valence-electron chi connectivity index (χ1n) is 9.57. The summed E-state index contributed by atoms with van der Waals surface area (Å²) in [7, 11) is 0. The number of carbonyl (C=O) groups excluding carboxylic acids is 1. The number of halogens is 5. The van der Waals surface area contributed by atoms with Crippen LogP contribution in [0.25, 0.3) is 0 Å². The second kappa shape index (κ2) is 10.1. The largest absolute Gasteiger partial charge is 0.481 e. The lowest BCUT2D eigenvalue weighted by Crippen LogP contribution is -2.44. The van der Waals surface area contributed by atoms with Crippen LogP contribution >= 0.6 is 0 Å². The van der Waals surface area contributed by atoms with E-state index in [1.807, 2.05) is 4.90 Å². The molecule has 1 heterocycles. The van der Waals surface area contributed by atoms with Crippen molar-refractivity contribution in [3.05, 3.63) is 65.2 Å². The van der Waals surface area contributed by atoms with E-state index in [-0.39, 0.29) is 18.3 Å². The summed E-state index contributed by atoms with van der Waals surface area (Å²) in [5.41, 5.74) is -0.142. The van der Waals surface area contributed by atoms with Crippen LogP contribution in [0.5, 0.6) is 5.75 Å². The molecule has 1 aliphatic heterocycles. The Morgan fingerprint density at radius 1 is 1.10 bits per heavy atom. The van der Waals surface area contributed by atoms with Gasteiger partial charge >= 0.3 is 6.18 Å². The number of alkyl halides is 3. The lowest BCUT2D eigenvalue weighted by atomic mass is 10.0. The minimum atomic E-state index is -4.44. The summed E-state index contributed by atoms with van der Waals surface area (Å²) in [5, 5.41) is 2.66. The molecule has 1 aliphatic rings. The SMILES string of the molecule is O=C(COc1ccc(F)cc1F)NCC(c1ccc(C(F)(F)F)cc1)N1CCOCC1. The molecule has 168 valence electrons. The molecule has 2 aromatic rings. The van der Waals surface area contributed by atoms with Crippen molar-refractivity contribution in [3.63, 3.8) is 0 Å². The predicted molar refractivity (Wildman–Crippen MR) is 101 cm³/mol. The van der Waals surface area contributed by atoms with Crippen LogP contribution in [0.4, 0.5) is 22.0 Å². The second-order valence-electron chi connectivity index (χ2n) is 6.95. The van der Waals surface area contributed by atoms with Crippen LogP contribution < -0.4 is 10.1 Å². The minimum Gasteiger partial charge on any atom is -0.481 e. The molecule has 0 spiro atoms. The predicted octanol–water partition coefficient (Wildman–Crippen LogP) is 3.55. The highest BCUT2D eigenvalue weighted by Gasteiger charge is 2.31. The standard InChI is InChI=1S/C21H21F5N2O3/c22-16-5-6-19(17(23)11-16)31-13-20(29)27-12-18(28-7-9-30-10-8-28)14-1-3-15(4-2-14)21(24,25)26/h1-6,11,18H,7-10,12-13H2,(H,27,29). The van der Waals surface area contributed by atoms with Gasteiger partial charge in [0.2, 0.25) is 0 Å². The number of ether oxygens (including phenoxy) is 2. The number of amides is 1. The van der Waals surface area contributed by atoms with Crippen LogP contribution in [0, 0.1) is 11.6 Å². The maximum absolute atomic E-state index is 13.6. The number of nitrogens with one attached hydrogen (secondary N) is 1. The zero-order chi connectivity index (χ0) is 22.4. The van der Waals surface area contributed by atoms with Crippen molar-refractivity contribution in [2.45, 2.75) is 12.2 Å². The summed E-state index contributed by atoms with van der Waals surface area (Å²) in [6, 6.07) is 7.14. The fraction of sp³-hybridized carbons (Fsp3) is 0.381. The van der Waals surface area contributed by atoms with E-state index >= 15 is 0 Å². The topological polar surface area (TPSA) is 50.8 Å². The molecule has 1 unspecified atom stereocenters. The molecule has 1 fully saturated rings. The van der Waals surface area contributed by atoms with Gasteiger partial charge in [-0.05, 0) is 29.8 Å². The summed E-state index contributed by atoms with van der Waals surface area (Å²) < 4.78 is 75.5. The van der Waals surface area contributed by atoms with Gasteiger partial charge in [0.1, 0.15) is 5.82 Å². The first-order chi connectivity index (χ1) is 14.7. The number of carbonyl (C=O) groups is 1. The van der Waals surface area contributed by atoms with Crippen molar-refractivity contribution < 1.29 is 36.2 Å². The van der Waals surface area contributed by atoms with Gasteiger partial charge in [0, 0.05) is 25.7 Å². The first-order valence-corrected chi connectivity index (χ1v) is 9.57. The second-order valence-corrected chi connectivity index (χ2v) is 6.95. The summed E-state index contributed by atoms with van der Waals surface area (Å²) in [6.45, 7) is 1.67. The quantitative estimate of drug-likeness (QED) is 0.664. The molecule has 1 amide bonds. The summed E-state index contributed by atoms with van der Waals surface area (Å²) >= 11 is 0. The third kappa shape index (κ3) is 6.38. The van der Waals surface area contributed by atoms with Crippen molar-refractivity contribution in [1.82, 2.24) is 10.2 Å². The molecule has 1 N–H and O–H groups in total. The normalized spacial score (nSPS) is 16.0. The van der Waals surface area contributed by atoms with Gasteiger partial charge in [0.25, 0.3) is 5.91 Å². The number of rotatable bonds is 7. The van der Waals surface area contributed by atoms with Gasteiger partial charge in [-0.3, -0.25) is 9.69 Å². The average Bonchev–Trinajstić information content (AvgIpc) is 2.74. The zero-order valence-electron chi connectivity index (χ0n) is 16.4. The molecule has 1 saturated heterocycles. The van der Waals surface area contributed by atoms with Crippen molar-refractivity contribution in [3.8, 4) is 5.75 Å². The monoisotopic (exact) mass is 444 g/mol. The highest BCUT2D eigenvalue weighted by Crippen LogP contribution is 2.31. The number of benzene rings is 2. The minimum absolute atomic E-state index is 0.111. The number of hydrogen-bond donors (Lipinski definition) is 1. The summed E-state index contributed by atoms with van der Waals surface area (Å²) in [6.07, 6.45) is -4.44. The van der Waals surface area contributed by atoms with E-state index in [1.165, 1.54) is 12.1 Å². The van der Waals surface area contributed by atoms with Crippen molar-refractivity contribution in [2.75, 3.05) is 39.5 Å². The van der Waals surface area contributed by atoms with Gasteiger partial charge in [-0.25, -0.2) is 8.78 Å². The maximum Gasteiger partial charge on any atom is 0.416 e. The van der Waals surface area contributed by atoms with Gasteiger partial charge in [-0.2, -0.15) is 13.2 Å². The van der Waals surface area contributed by atoms with E-state index in [0.717, 1.165) is 24.3 Å². The van der Waals surface area contributed by atoms with Crippen molar-refractivity contribution >= 4 is 5.91 Å². The van der Waals surface area contributed by atoms with E-state index in [1.54, 1.807) is 0 Å². The van der Waals surface area contributed by atoms with Crippen LogP contribution in [-0.2, 0) is 15.7 Å². The van der Waals surface area contributed by atoms with E-state index in [0.29, 0.717) is 37.9 Å². The van der Waals surface area contributed by atoms with Gasteiger partial charge in [0.15, 0.2) is 18.2 Å². The Hall–Kier alpha value is -2.72. The molecule has 0 aliphatic carbocycles. The fourth-order valence-corrected chi connectivity index (χ4v) is 3.24. The smallest absolute Gasteiger partial charge is 0.416 e. The molecule has 5 nitrogen and oxygen atoms in total. The Kier molecular flexibility index (Phi) is 7.45. The fourth-order valence-electron chi connectivity index (χ4n) is 3.24. The summed E-state index contributed by atoms with van der Waals surface area (Å²) in [4.78, 5) is 14.2. The van der Waals surface area contributed by atoms with Gasteiger partial charge < -0.3 is 14.8 Å². The van der Waals surface area contributed by atoms with Crippen LogP contribution in [0.15, 0.2) is 42.5 Å². The van der Waals surface area contributed by atoms with Crippen molar-refractivity contribution in [2.24, 2.45) is 0 Å². The van der Waals surface area contributed by atoms with Gasteiger partial charge in [-0.1, -0.05) is 12.1 Å². The third-order valence-electron chi connectivity index (χ3n) is 4.85. The molecule has 3 rings (SSSR count). The molecule has 0 saturated carbocycles. The third-order valence-corrected chi connectivity index (χ3v) is 4.85. The zero-order valence-corrected chi connectivity index (χ0v) is 16.4. The number of hydrogen-bond acceptors (Lipinski definition) is 4. The molecule has 1 atom stereocenters. The Morgan fingerprint density at radius 2 is 1.77 bits per heavy atom.